The molecular weight excluding hydrogens is 245 g/mol. The van der Waals surface area contributed by atoms with E-state index in [9.17, 15) is 4.39 Å². The van der Waals surface area contributed by atoms with Crippen molar-refractivity contribution in [3.05, 3.63) is 34.3 Å². The molecule has 0 aromatic heterocycles. The molecule has 14 heavy (non-hydrogen) atoms. The van der Waals surface area contributed by atoms with Crippen LogP contribution in [-0.4, -0.2) is 5.54 Å². The molecule has 0 bridgehead atoms. The van der Waals surface area contributed by atoms with Crippen LogP contribution in [0.15, 0.2) is 28.7 Å². The van der Waals surface area contributed by atoms with E-state index in [4.69, 9.17) is 5.73 Å². The second-order valence-electron chi connectivity index (χ2n) is 4.23. The molecule has 0 amide bonds. The summed E-state index contributed by atoms with van der Waals surface area (Å²) in [6.07, 6.45) is 0. The van der Waals surface area contributed by atoms with Crippen LogP contribution in [0.4, 0.5) is 4.39 Å². The summed E-state index contributed by atoms with van der Waals surface area (Å²) in [5.74, 6) is 0. The number of rotatable bonds is 2. The Morgan fingerprint density at radius 3 is 2.29 bits per heavy atom. The van der Waals surface area contributed by atoms with Crippen molar-refractivity contribution in [3.8, 4) is 0 Å². The molecule has 1 atom stereocenters. The summed E-state index contributed by atoms with van der Waals surface area (Å²) in [6, 6.07) is 7.18. The number of alkyl halides is 1. The van der Waals surface area contributed by atoms with Crippen LogP contribution < -0.4 is 5.73 Å². The zero-order chi connectivity index (χ0) is 11.0. The van der Waals surface area contributed by atoms with Gasteiger partial charge < -0.3 is 5.73 Å². The van der Waals surface area contributed by atoms with Gasteiger partial charge in [-0.05, 0) is 38.5 Å². The monoisotopic (exact) mass is 259 g/mol. The highest BCUT2D eigenvalue weighted by atomic mass is 79.9. The molecule has 2 N–H and O–H groups in total. The fourth-order valence-electron chi connectivity index (χ4n) is 1.15. The smallest absolute Gasteiger partial charge is 0.150 e. The van der Waals surface area contributed by atoms with E-state index >= 15 is 0 Å². The molecule has 78 valence electrons. The van der Waals surface area contributed by atoms with Crippen LogP contribution in [0.3, 0.4) is 0 Å². The first-order valence-corrected chi connectivity index (χ1v) is 5.28. The van der Waals surface area contributed by atoms with Crippen molar-refractivity contribution >= 4 is 15.9 Å². The van der Waals surface area contributed by atoms with Crippen LogP contribution in [-0.2, 0) is 5.67 Å². The van der Waals surface area contributed by atoms with Crippen molar-refractivity contribution in [1.29, 1.82) is 0 Å². The third kappa shape index (κ3) is 2.15. The third-order valence-electron chi connectivity index (χ3n) is 2.58. The topological polar surface area (TPSA) is 26.0 Å². The number of benzene rings is 1. The molecule has 0 heterocycles. The summed E-state index contributed by atoms with van der Waals surface area (Å²) in [5, 5.41) is 0. The van der Waals surface area contributed by atoms with Crippen molar-refractivity contribution in [2.75, 3.05) is 0 Å². The summed E-state index contributed by atoms with van der Waals surface area (Å²) in [5.41, 5.74) is 3.98. The van der Waals surface area contributed by atoms with E-state index < -0.39 is 11.2 Å². The van der Waals surface area contributed by atoms with Gasteiger partial charge >= 0.3 is 0 Å². The normalized spacial score (nSPS) is 16.4. The minimum atomic E-state index is -1.53. The Hall–Kier alpha value is -0.410. The predicted octanol–water partition coefficient (Wildman–Crippen LogP) is 3.37. The van der Waals surface area contributed by atoms with Gasteiger partial charge in [-0.25, -0.2) is 4.39 Å². The molecule has 0 saturated heterocycles. The fraction of sp³-hybridized carbons (Fsp3) is 0.455. The quantitative estimate of drug-likeness (QED) is 0.866. The van der Waals surface area contributed by atoms with Gasteiger partial charge in [-0.1, -0.05) is 28.1 Å². The van der Waals surface area contributed by atoms with Gasteiger partial charge in [0.15, 0.2) is 5.67 Å². The number of hydrogen-bond acceptors (Lipinski definition) is 1. The SMILES string of the molecule is CC(C)(N)C(C)(F)c1cccc(Br)c1. The Morgan fingerprint density at radius 2 is 1.86 bits per heavy atom. The van der Waals surface area contributed by atoms with E-state index in [1.165, 1.54) is 6.92 Å². The lowest BCUT2D eigenvalue weighted by Gasteiger charge is -2.34. The highest BCUT2D eigenvalue weighted by Gasteiger charge is 2.39. The van der Waals surface area contributed by atoms with Crippen LogP contribution in [0.2, 0.25) is 0 Å². The van der Waals surface area contributed by atoms with Gasteiger partial charge in [-0.2, -0.15) is 0 Å². The Kier molecular flexibility index (Phi) is 3.02. The van der Waals surface area contributed by atoms with Gasteiger partial charge in [-0.3, -0.25) is 0 Å². The molecule has 0 radical (unpaired) electrons. The summed E-state index contributed by atoms with van der Waals surface area (Å²) in [7, 11) is 0. The van der Waals surface area contributed by atoms with E-state index in [0.717, 1.165) is 4.47 Å². The van der Waals surface area contributed by atoms with E-state index in [-0.39, 0.29) is 0 Å². The molecule has 1 aromatic rings. The van der Waals surface area contributed by atoms with Crippen molar-refractivity contribution in [3.63, 3.8) is 0 Å². The van der Waals surface area contributed by atoms with E-state index in [1.807, 2.05) is 12.1 Å². The van der Waals surface area contributed by atoms with Crippen molar-refractivity contribution in [2.24, 2.45) is 5.73 Å². The zero-order valence-corrected chi connectivity index (χ0v) is 10.2. The first kappa shape index (κ1) is 11.7. The van der Waals surface area contributed by atoms with Gasteiger partial charge in [-0.15, -0.1) is 0 Å². The highest BCUT2D eigenvalue weighted by Crippen LogP contribution is 2.35. The van der Waals surface area contributed by atoms with Crippen molar-refractivity contribution in [2.45, 2.75) is 32.0 Å². The number of nitrogens with two attached hydrogens (primary N) is 1. The molecule has 1 rings (SSSR count). The van der Waals surface area contributed by atoms with Crippen LogP contribution in [0.25, 0.3) is 0 Å². The van der Waals surface area contributed by atoms with Crippen LogP contribution in [0.5, 0.6) is 0 Å². The molecule has 3 heteroatoms. The average Bonchev–Trinajstić information content (AvgIpc) is 2.02. The van der Waals surface area contributed by atoms with E-state index in [1.54, 1.807) is 26.0 Å². The summed E-state index contributed by atoms with van der Waals surface area (Å²) >= 11 is 3.31. The minimum absolute atomic E-state index is 0.597. The molecular formula is C11H15BrFN. The number of halogens is 2. The predicted molar refractivity (Wildman–Crippen MR) is 60.9 cm³/mol. The van der Waals surface area contributed by atoms with Crippen molar-refractivity contribution < 1.29 is 4.39 Å². The first-order chi connectivity index (χ1) is 6.25. The van der Waals surface area contributed by atoms with Crippen LogP contribution in [0, 0.1) is 0 Å². The standard InChI is InChI=1S/C11H15BrFN/c1-10(2,14)11(3,13)8-5-4-6-9(12)7-8/h4-7H,14H2,1-3H3. The molecule has 0 spiro atoms. The van der Waals surface area contributed by atoms with Crippen LogP contribution in [0.1, 0.15) is 26.3 Å². The first-order valence-electron chi connectivity index (χ1n) is 4.49. The maximum atomic E-state index is 14.4. The molecule has 1 aromatic carbocycles. The highest BCUT2D eigenvalue weighted by molar-refractivity contribution is 9.10. The lowest BCUT2D eigenvalue weighted by molar-refractivity contribution is 0.0954. The molecule has 0 aliphatic rings. The Bertz CT molecular complexity index is 328. The third-order valence-corrected chi connectivity index (χ3v) is 3.07. The molecule has 0 saturated carbocycles. The molecule has 0 fully saturated rings. The lowest BCUT2D eigenvalue weighted by atomic mass is 9.81. The minimum Gasteiger partial charge on any atom is -0.323 e. The summed E-state index contributed by atoms with van der Waals surface area (Å²) in [4.78, 5) is 0. The van der Waals surface area contributed by atoms with E-state index in [2.05, 4.69) is 15.9 Å². The Morgan fingerprint density at radius 1 is 1.29 bits per heavy atom. The van der Waals surface area contributed by atoms with Gasteiger partial charge in [0.2, 0.25) is 0 Å². The molecule has 0 aliphatic carbocycles. The van der Waals surface area contributed by atoms with Gasteiger partial charge in [0.1, 0.15) is 0 Å². The van der Waals surface area contributed by atoms with Crippen molar-refractivity contribution in [1.82, 2.24) is 0 Å². The summed E-state index contributed by atoms with van der Waals surface area (Å²) < 4.78 is 15.2. The maximum absolute atomic E-state index is 14.4. The molecule has 0 aliphatic heterocycles. The maximum Gasteiger partial charge on any atom is 0.150 e. The Balaban J connectivity index is 3.16. The molecule has 1 nitrogen and oxygen atoms in total. The Labute approximate surface area is 92.6 Å². The average molecular weight is 260 g/mol. The van der Waals surface area contributed by atoms with Crippen LogP contribution >= 0.6 is 15.9 Å². The second kappa shape index (κ2) is 3.63. The lowest BCUT2D eigenvalue weighted by Crippen LogP contribution is -2.49. The zero-order valence-electron chi connectivity index (χ0n) is 8.64. The number of hydrogen-bond donors (Lipinski definition) is 1. The van der Waals surface area contributed by atoms with Gasteiger partial charge in [0.25, 0.3) is 0 Å². The molecule has 1 unspecified atom stereocenters. The largest absolute Gasteiger partial charge is 0.323 e. The van der Waals surface area contributed by atoms with Gasteiger partial charge in [0.05, 0.1) is 0 Å². The fourth-order valence-corrected chi connectivity index (χ4v) is 1.55. The summed E-state index contributed by atoms with van der Waals surface area (Å²) in [6.45, 7) is 4.89. The van der Waals surface area contributed by atoms with Gasteiger partial charge in [0, 0.05) is 10.0 Å². The second-order valence-corrected chi connectivity index (χ2v) is 5.15. The van der Waals surface area contributed by atoms with E-state index in [0.29, 0.717) is 5.56 Å².